The Kier molecular flexibility index (Phi) is 10.3. The van der Waals surface area contributed by atoms with Crippen LogP contribution in [0.5, 0.6) is 5.75 Å². The van der Waals surface area contributed by atoms with E-state index in [4.69, 9.17) is 0 Å². The molecule has 2 saturated carbocycles. The van der Waals surface area contributed by atoms with E-state index >= 15 is 0 Å². The van der Waals surface area contributed by atoms with E-state index in [1.54, 1.807) is 6.07 Å². The predicted octanol–water partition coefficient (Wildman–Crippen LogP) is 9.59. The van der Waals surface area contributed by atoms with Gasteiger partial charge in [-0.3, -0.25) is 4.79 Å². The number of phenolic OH excluding ortho intramolecular Hbond substituents is 1. The van der Waals surface area contributed by atoms with Gasteiger partial charge in [-0.1, -0.05) is 19.4 Å². The lowest BCUT2D eigenvalue weighted by atomic mass is 9.55. The number of phenols is 1. The Morgan fingerprint density at radius 1 is 0.792 bits per heavy atom. The van der Waals surface area contributed by atoms with Crippen molar-refractivity contribution >= 4 is 5.78 Å². The molecule has 4 rings (SSSR count). The van der Waals surface area contributed by atoms with Crippen molar-refractivity contribution < 1.29 is 67.0 Å². The summed E-state index contributed by atoms with van der Waals surface area (Å²) < 4.78 is 173. The number of carbonyl (C=O) groups is 1. The standard InChI is InChI=1S/C32H38F13NO2/c1-26-12-11-20-21(23(26)9-10-25(26)48)8-7-18-17-24(47)19(16-22(18)20)6-4-3-5-14-46(2)15-13-27(33,34)28(35,36)29(37,38)30(39,40)31(41,42)32(43,44)45/h16-17,20-21,23,47H,3-15H2,1-2H3/t20-,21+,23-,26-/m0/s1. The molecule has 0 saturated heterocycles. The zero-order valence-electron chi connectivity index (χ0n) is 26.3. The van der Waals surface area contributed by atoms with Gasteiger partial charge in [0.05, 0.1) is 0 Å². The molecular weight excluding hydrogens is 677 g/mol. The molecule has 0 aliphatic heterocycles. The molecule has 274 valence electrons. The topological polar surface area (TPSA) is 40.5 Å². The largest absolute Gasteiger partial charge is 0.508 e. The van der Waals surface area contributed by atoms with Gasteiger partial charge in [0.2, 0.25) is 0 Å². The Balaban J connectivity index is 1.29. The first-order chi connectivity index (χ1) is 21.8. The first kappa shape index (κ1) is 38.5. The van der Waals surface area contributed by atoms with Crippen LogP contribution in [0.25, 0.3) is 0 Å². The van der Waals surface area contributed by atoms with E-state index in [0.717, 1.165) is 49.6 Å². The quantitative estimate of drug-likeness (QED) is 0.163. The van der Waals surface area contributed by atoms with Crippen molar-refractivity contribution in [2.75, 3.05) is 20.1 Å². The van der Waals surface area contributed by atoms with Crippen LogP contribution in [0.1, 0.15) is 87.3 Å². The molecule has 4 atom stereocenters. The molecule has 3 aliphatic rings. The minimum Gasteiger partial charge on any atom is -0.508 e. The fourth-order valence-electron chi connectivity index (χ4n) is 7.90. The highest BCUT2D eigenvalue weighted by Gasteiger charge is 2.90. The maximum absolute atomic E-state index is 14.1. The lowest BCUT2D eigenvalue weighted by Gasteiger charge is -2.48. The van der Waals surface area contributed by atoms with Crippen molar-refractivity contribution in [3.05, 3.63) is 28.8 Å². The maximum atomic E-state index is 14.1. The molecule has 48 heavy (non-hydrogen) atoms. The number of ketones is 1. The molecule has 1 aromatic carbocycles. The molecule has 1 N–H and O–H groups in total. The van der Waals surface area contributed by atoms with Crippen molar-refractivity contribution in [2.45, 2.75) is 119 Å². The summed E-state index contributed by atoms with van der Waals surface area (Å²) in [6.45, 7) is 0.921. The van der Waals surface area contributed by atoms with E-state index in [1.807, 2.05) is 6.07 Å². The summed E-state index contributed by atoms with van der Waals surface area (Å²) in [4.78, 5) is 13.6. The normalized spacial score (nSPS) is 25.7. The fraction of sp³-hybridized carbons (Fsp3) is 0.781. The van der Waals surface area contributed by atoms with Crippen LogP contribution in [0.3, 0.4) is 0 Å². The molecule has 0 heterocycles. The zero-order valence-corrected chi connectivity index (χ0v) is 26.3. The molecule has 0 radical (unpaired) electrons. The Bertz CT molecular complexity index is 1350. The van der Waals surface area contributed by atoms with Gasteiger partial charge in [-0.2, -0.15) is 57.1 Å². The highest BCUT2D eigenvalue weighted by Crippen LogP contribution is 2.61. The lowest BCUT2D eigenvalue weighted by Crippen LogP contribution is -2.70. The molecule has 3 nitrogen and oxygen atoms in total. The molecule has 0 unspecified atom stereocenters. The first-order valence-electron chi connectivity index (χ1n) is 15.9. The highest BCUT2D eigenvalue weighted by molar-refractivity contribution is 5.87. The average Bonchev–Trinajstić information content (AvgIpc) is 3.29. The number of aromatic hydroxyl groups is 1. The number of halogens is 13. The predicted molar refractivity (Wildman–Crippen MR) is 148 cm³/mol. The second-order valence-electron chi connectivity index (χ2n) is 13.9. The van der Waals surface area contributed by atoms with Gasteiger partial charge in [-0.15, -0.1) is 0 Å². The molecule has 0 amide bonds. The molecular formula is C32H38F13NO2. The van der Waals surface area contributed by atoms with Crippen LogP contribution in [0, 0.1) is 17.3 Å². The van der Waals surface area contributed by atoms with E-state index in [-0.39, 0.29) is 30.0 Å². The monoisotopic (exact) mass is 715 g/mol. The third kappa shape index (κ3) is 6.29. The third-order valence-corrected chi connectivity index (χ3v) is 10.9. The van der Waals surface area contributed by atoms with Crippen LogP contribution < -0.4 is 0 Å². The Labute approximate surface area is 269 Å². The minimum absolute atomic E-state index is 0.0564. The number of carbonyl (C=O) groups excluding carboxylic acids is 1. The van der Waals surface area contributed by atoms with Crippen LogP contribution in [0.4, 0.5) is 57.1 Å². The molecule has 3 aliphatic carbocycles. The summed E-state index contributed by atoms with van der Waals surface area (Å²) in [5, 5.41) is 10.7. The molecule has 1 aromatic rings. The van der Waals surface area contributed by atoms with Crippen molar-refractivity contribution in [2.24, 2.45) is 17.3 Å². The van der Waals surface area contributed by atoms with Crippen LogP contribution in [-0.2, 0) is 17.6 Å². The molecule has 16 heteroatoms. The van der Waals surface area contributed by atoms with Gasteiger partial charge in [0.1, 0.15) is 11.5 Å². The van der Waals surface area contributed by atoms with Gasteiger partial charge in [-0.25, -0.2) is 0 Å². The highest BCUT2D eigenvalue weighted by atomic mass is 19.4. The van der Waals surface area contributed by atoms with Gasteiger partial charge < -0.3 is 10.0 Å². The van der Waals surface area contributed by atoms with Gasteiger partial charge in [0.15, 0.2) is 0 Å². The summed E-state index contributed by atoms with van der Waals surface area (Å²) in [6, 6.07) is 3.76. The van der Waals surface area contributed by atoms with E-state index in [0.29, 0.717) is 48.9 Å². The Morgan fingerprint density at radius 3 is 2.04 bits per heavy atom. The number of Topliss-reactive ketones (excluding diaryl/α,β-unsaturated/α-hetero) is 1. The number of benzene rings is 1. The third-order valence-electron chi connectivity index (χ3n) is 10.9. The summed E-state index contributed by atoms with van der Waals surface area (Å²) in [5.74, 6) is -35.3. The summed E-state index contributed by atoms with van der Waals surface area (Å²) in [6.07, 6.45) is -3.09. The number of hydrogen-bond donors (Lipinski definition) is 1. The second kappa shape index (κ2) is 12.8. The second-order valence-corrected chi connectivity index (χ2v) is 13.9. The van der Waals surface area contributed by atoms with Gasteiger partial charge >= 0.3 is 35.8 Å². The lowest BCUT2D eigenvalue weighted by molar-refractivity contribution is -0.440. The maximum Gasteiger partial charge on any atom is 0.460 e. The SMILES string of the molecule is CN(CCCCCc1cc2c(cc1O)CC[C@@H]1[C@@H]2CC[C@]2(C)C(=O)CC[C@@H]12)CCC(F)(F)C(F)(F)C(F)(F)C(F)(F)C(F)(F)C(F)(F)F. The van der Waals surface area contributed by atoms with Gasteiger partial charge in [0, 0.05) is 24.8 Å². The molecule has 0 bridgehead atoms. The Hall–Kier alpha value is -2.26. The van der Waals surface area contributed by atoms with Crippen LogP contribution in [0.15, 0.2) is 12.1 Å². The van der Waals surface area contributed by atoms with Crippen LogP contribution >= 0.6 is 0 Å². The Morgan fingerprint density at radius 2 is 1.42 bits per heavy atom. The van der Waals surface area contributed by atoms with Gasteiger partial charge in [0.25, 0.3) is 0 Å². The zero-order chi connectivity index (χ0) is 36.3. The van der Waals surface area contributed by atoms with Gasteiger partial charge in [-0.05, 0) is 105 Å². The number of aryl methyl sites for hydroxylation is 2. The average molecular weight is 716 g/mol. The van der Waals surface area contributed by atoms with E-state index < -0.39 is 48.8 Å². The molecule has 0 aromatic heterocycles. The van der Waals surface area contributed by atoms with Crippen molar-refractivity contribution in [3.63, 3.8) is 0 Å². The van der Waals surface area contributed by atoms with E-state index in [1.165, 1.54) is 5.56 Å². The first-order valence-corrected chi connectivity index (χ1v) is 15.9. The van der Waals surface area contributed by atoms with Crippen LogP contribution in [-0.4, -0.2) is 71.7 Å². The van der Waals surface area contributed by atoms with Crippen molar-refractivity contribution in [1.82, 2.24) is 4.90 Å². The van der Waals surface area contributed by atoms with Crippen molar-refractivity contribution in [3.8, 4) is 5.75 Å². The summed E-state index contributed by atoms with van der Waals surface area (Å²) >= 11 is 0. The number of fused-ring (bicyclic) bond motifs is 5. The number of alkyl halides is 13. The summed E-state index contributed by atoms with van der Waals surface area (Å²) in [5.41, 5.74) is 2.67. The smallest absolute Gasteiger partial charge is 0.460 e. The fourth-order valence-corrected chi connectivity index (χ4v) is 7.90. The minimum atomic E-state index is -7.89. The number of nitrogens with zero attached hydrogens (tertiary/aromatic N) is 1. The molecule has 0 spiro atoms. The summed E-state index contributed by atoms with van der Waals surface area (Å²) in [7, 11) is 1.12. The van der Waals surface area contributed by atoms with Crippen LogP contribution in [0.2, 0.25) is 0 Å². The van der Waals surface area contributed by atoms with Crippen molar-refractivity contribution in [1.29, 1.82) is 0 Å². The number of rotatable bonds is 13. The van der Waals surface area contributed by atoms with E-state index in [2.05, 4.69) is 6.92 Å². The number of hydrogen-bond acceptors (Lipinski definition) is 3. The van der Waals surface area contributed by atoms with E-state index in [9.17, 15) is 67.0 Å². The number of unbranched alkanes of at least 4 members (excludes halogenated alkanes) is 2. The molecule has 2 fully saturated rings.